The number of amides is 1. The molecule has 1 aromatic carbocycles. The summed E-state index contributed by atoms with van der Waals surface area (Å²) in [5.41, 5.74) is 3.63. The van der Waals surface area contributed by atoms with E-state index < -0.39 is 5.97 Å². The zero-order chi connectivity index (χ0) is 18.7. The lowest BCUT2D eigenvalue weighted by Gasteiger charge is -2.07. The van der Waals surface area contributed by atoms with Gasteiger partial charge in [-0.1, -0.05) is 18.2 Å². The summed E-state index contributed by atoms with van der Waals surface area (Å²) in [6.07, 6.45) is 1.47. The number of aryl methyl sites for hydroxylation is 1. The molecule has 1 amide bonds. The normalized spacial score (nSPS) is 10.7. The van der Waals surface area contributed by atoms with Gasteiger partial charge in [-0.25, -0.2) is 9.48 Å². The Morgan fingerprint density at radius 3 is 2.50 bits per heavy atom. The van der Waals surface area contributed by atoms with Crippen molar-refractivity contribution in [1.29, 1.82) is 0 Å². The molecule has 3 aromatic rings. The van der Waals surface area contributed by atoms with Gasteiger partial charge in [-0.3, -0.25) is 9.48 Å². The molecule has 0 fully saturated rings. The number of nitrogens with one attached hydrogen (secondary N) is 1. The van der Waals surface area contributed by atoms with Gasteiger partial charge in [-0.2, -0.15) is 10.2 Å². The van der Waals surface area contributed by atoms with Crippen LogP contribution in [0.2, 0.25) is 0 Å². The molecule has 0 bridgehead atoms. The highest BCUT2D eigenvalue weighted by Gasteiger charge is 2.14. The smallest absolute Gasteiger partial charge is 0.356 e. The Balaban J connectivity index is 1.66. The predicted octanol–water partition coefficient (Wildman–Crippen LogP) is 1.70. The van der Waals surface area contributed by atoms with Crippen LogP contribution in [0.25, 0.3) is 5.69 Å². The molecule has 26 heavy (non-hydrogen) atoms. The van der Waals surface area contributed by atoms with Crippen molar-refractivity contribution in [2.24, 2.45) is 0 Å². The van der Waals surface area contributed by atoms with Crippen LogP contribution in [-0.4, -0.2) is 36.5 Å². The first-order valence-electron chi connectivity index (χ1n) is 8.09. The second kappa shape index (κ2) is 7.22. The van der Waals surface area contributed by atoms with Crippen LogP contribution in [0.3, 0.4) is 0 Å². The summed E-state index contributed by atoms with van der Waals surface area (Å²) in [5, 5.41) is 20.1. The van der Waals surface area contributed by atoms with E-state index in [2.05, 4.69) is 15.5 Å². The number of para-hydroxylation sites is 1. The molecule has 0 aliphatic heterocycles. The predicted molar refractivity (Wildman–Crippen MR) is 94.1 cm³/mol. The first kappa shape index (κ1) is 17.4. The summed E-state index contributed by atoms with van der Waals surface area (Å²) in [6, 6.07) is 11.1. The lowest BCUT2D eigenvalue weighted by atomic mass is 10.2. The van der Waals surface area contributed by atoms with E-state index in [1.165, 1.54) is 16.9 Å². The largest absolute Gasteiger partial charge is 0.476 e. The lowest BCUT2D eigenvalue weighted by molar-refractivity contribution is -0.122. The second-order valence-corrected chi connectivity index (χ2v) is 5.88. The molecule has 2 N–H and O–H groups in total. The molecule has 0 aliphatic carbocycles. The molecule has 2 aromatic heterocycles. The van der Waals surface area contributed by atoms with Gasteiger partial charge in [0.05, 0.1) is 11.4 Å². The summed E-state index contributed by atoms with van der Waals surface area (Å²) in [7, 11) is 0. The van der Waals surface area contributed by atoms with E-state index in [1.54, 1.807) is 0 Å². The topological polar surface area (TPSA) is 102 Å². The number of carbonyl (C=O) groups excluding carboxylic acids is 1. The Morgan fingerprint density at radius 1 is 1.12 bits per heavy atom. The van der Waals surface area contributed by atoms with Crippen LogP contribution in [0.15, 0.2) is 42.6 Å². The summed E-state index contributed by atoms with van der Waals surface area (Å²) in [5.74, 6) is -1.37. The maximum absolute atomic E-state index is 12.1. The van der Waals surface area contributed by atoms with Gasteiger partial charge in [-0.15, -0.1) is 0 Å². The third-order valence-corrected chi connectivity index (χ3v) is 4.07. The number of aromatic nitrogens is 4. The Bertz CT molecular complexity index is 943. The van der Waals surface area contributed by atoms with Crippen LogP contribution in [0.1, 0.15) is 27.4 Å². The molecule has 0 unspecified atom stereocenters. The van der Waals surface area contributed by atoms with E-state index in [1.807, 2.05) is 48.9 Å². The molecule has 134 valence electrons. The minimum Gasteiger partial charge on any atom is -0.476 e. The highest BCUT2D eigenvalue weighted by molar-refractivity contribution is 5.85. The zero-order valence-electron chi connectivity index (χ0n) is 14.5. The van der Waals surface area contributed by atoms with Crippen molar-refractivity contribution in [3.8, 4) is 5.69 Å². The number of hydrogen-bond acceptors (Lipinski definition) is 4. The van der Waals surface area contributed by atoms with E-state index in [0.29, 0.717) is 6.54 Å². The molecular formula is C18H19N5O3. The van der Waals surface area contributed by atoms with Gasteiger partial charge in [-0.05, 0) is 32.0 Å². The number of carbonyl (C=O) groups is 2. The number of nitrogens with zero attached hydrogens (tertiary/aromatic N) is 4. The number of benzene rings is 1. The summed E-state index contributed by atoms with van der Waals surface area (Å²) in [6.45, 7) is 4.16. The average Bonchev–Trinajstić information content (AvgIpc) is 3.19. The fraction of sp³-hybridized carbons (Fsp3) is 0.222. The number of carboxylic acids is 1. The van der Waals surface area contributed by atoms with Crippen molar-refractivity contribution in [2.45, 2.75) is 26.9 Å². The van der Waals surface area contributed by atoms with Crippen molar-refractivity contribution in [1.82, 2.24) is 24.9 Å². The van der Waals surface area contributed by atoms with Crippen LogP contribution in [-0.2, 0) is 17.9 Å². The highest BCUT2D eigenvalue weighted by Crippen LogP contribution is 2.17. The molecule has 0 saturated carbocycles. The van der Waals surface area contributed by atoms with Gasteiger partial charge in [0.15, 0.2) is 5.69 Å². The molecule has 3 rings (SSSR count). The summed E-state index contributed by atoms with van der Waals surface area (Å²) in [4.78, 5) is 22.9. The maximum Gasteiger partial charge on any atom is 0.356 e. The number of rotatable bonds is 6. The molecule has 2 heterocycles. The van der Waals surface area contributed by atoms with E-state index in [4.69, 9.17) is 5.11 Å². The molecule has 0 aliphatic rings. The van der Waals surface area contributed by atoms with Gasteiger partial charge in [0.1, 0.15) is 6.54 Å². The average molecular weight is 353 g/mol. The molecule has 0 spiro atoms. The summed E-state index contributed by atoms with van der Waals surface area (Å²) >= 11 is 0. The van der Waals surface area contributed by atoms with Gasteiger partial charge >= 0.3 is 5.97 Å². The van der Waals surface area contributed by atoms with Gasteiger partial charge < -0.3 is 10.4 Å². The van der Waals surface area contributed by atoms with Crippen LogP contribution in [0.4, 0.5) is 0 Å². The third-order valence-electron chi connectivity index (χ3n) is 4.07. The zero-order valence-corrected chi connectivity index (χ0v) is 14.5. The molecule has 8 nitrogen and oxygen atoms in total. The van der Waals surface area contributed by atoms with E-state index in [-0.39, 0.29) is 18.1 Å². The summed E-state index contributed by atoms with van der Waals surface area (Å²) < 4.78 is 3.15. The fourth-order valence-corrected chi connectivity index (χ4v) is 2.71. The van der Waals surface area contributed by atoms with Crippen molar-refractivity contribution < 1.29 is 14.7 Å². The monoisotopic (exact) mass is 353 g/mol. The number of hydrogen-bond donors (Lipinski definition) is 2. The van der Waals surface area contributed by atoms with E-state index in [0.717, 1.165) is 22.6 Å². The Kier molecular flexibility index (Phi) is 4.83. The van der Waals surface area contributed by atoms with Crippen LogP contribution < -0.4 is 5.32 Å². The quantitative estimate of drug-likeness (QED) is 0.702. The Labute approximate surface area is 150 Å². The minimum atomic E-state index is -1.12. The highest BCUT2D eigenvalue weighted by atomic mass is 16.4. The first-order valence-corrected chi connectivity index (χ1v) is 8.09. The van der Waals surface area contributed by atoms with Gasteiger partial charge in [0.25, 0.3) is 0 Å². The maximum atomic E-state index is 12.1. The number of aromatic carboxylic acids is 1. The first-order chi connectivity index (χ1) is 12.5. The third kappa shape index (κ3) is 3.64. The molecule has 8 heteroatoms. The Hall–Kier alpha value is -3.42. The van der Waals surface area contributed by atoms with E-state index >= 15 is 0 Å². The van der Waals surface area contributed by atoms with Gasteiger partial charge in [0, 0.05) is 24.0 Å². The SMILES string of the molecule is Cc1nn(-c2ccccc2)c(C)c1CNC(=O)Cn1ccc(C(=O)O)n1. The van der Waals surface area contributed by atoms with Gasteiger partial charge in [0.2, 0.25) is 5.91 Å². The van der Waals surface area contributed by atoms with Crippen molar-refractivity contribution in [3.63, 3.8) is 0 Å². The second-order valence-electron chi connectivity index (χ2n) is 5.88. The lowest BCUT2D eigenvalue weighted by Crippen LogP contribution is -2.27. The van der Waals surface area contributed by atoms with Crippen LogP contribution in [0.5, 0.6) is 0 Å². The van der Waals surface area contributed by atoms with Crippen LogP contribution >= 0.6 is 0 Å². The molecule has 0 atom stereocenters. The fourth-order valence-electron chi connectivity index (χ4n) is 2.71. The molecular weight excluding hydrogens is 334 g/mol. The molecule has 0 radical (unpaired) electrons. The van der Waals surface area contributed by atoms with Crippen molar-refractivity contribution in [2.75, 3.05) is 0 Å². The van der Waals surface area contributed by atoms with Crippen molar-refractivity contribution in [3.05, 3.63) is 65.2 Å². The minimum absolute atomic E-state index is 0.0435. The standard InChI is InChI=1S/C18H19N5O3/c1-12-15(13(2)23(20-12)14-6-4-3-5-7-14)10-19-17(24)11-22-9-8-16(21-22)18(25)26/h3-9H,10-11H2,1-2H3,(H,19,24)(H,25,26). The van der Waals surface area contributed by atoms with Crippen LogP contribution in [0, 0.1) is 13.8 Å². The van der Waals surface area contributed by atoms with Crippen molar-refractivity contribution >= 4 is 11.9 Å². The number of carboxylic acid groups (broad SMARTS) is 1. The Morgan fingerprint density at radius 2 is 1.85 bits per heavy atom. The molecule has 0 saturated heterocycles. The van der Waals surface area contributed by atoms with E-state index in [9.17, 15) is 9.59 Å².